The van der Waals surface area contributed by atoms with E-state index in [1.807, 2.05) is 11.8 Å². The van der Waals surface area contributed by atoms with E-state index in [9.17, 15) is 0 Å². The predicted octanol–water partition coefficient (Wildman–Crippen LogP) is 2.61. The van der Waals surface area contributed by atoms with Crippen LogP contribution in [0, 0.1) is 0 Å². The molecule has 0 unspecified atom stereocenters. The van der Waals surface area contributed by atoms with E-state index in [1.54, 1.807) is 0 Å². The summed E-state index contributed by atoms with van der Waals surface area (Å²) in [6, 6.07) is 0.733. The Hall–Kier alpha value is 0.310. The second kappa shape index (κ2) is 4.01. The van der Waals surface area contributed by atoms with Crippen molar-refractivity contribution in [1.29, 1.82) is 0 Å². The molecule has 2 heteroatoms. The summed E-state index contributed by atoms with van der Waals surface area (Å²) in [5, 5.41) is 0. The first-order valence-electron chi connectivity index (χ1n) is 4.86. The maximum atomic E-state index is 2.58. The molecule has 0 amide bonds. The SMILES string of the molecule is CSC1(C)CCN(C(C)C)CC1. The zero-order valence-electron chi connectivity index (χ0n) is 8.76. The highest BCUT2D eigenvalue weighted by Gasteiger charge is 2.29. The molecule has 1 aliphatic rings. The molecular weight excluding hydrogens is 166 g/mol. The van der Waals surface area contributed by atoms with E-state index < -0.39 is 0 Å². The quantitative estimate of drug-likeness (QED) is 0.654. The Labute approximate surface area is 80.9 Å². The van der Waals surface area contributed by atoms with Gasteiger partial charge in [-0.05, 0) is 46.0 Å². The van der Waals surface area contributed by atoms with Crippen molar-refractivity contribution >= 4 is 11.8 Å². The molecule has 0 atom stereocenters. The third-order valence-electron chi connectivity index (χ3n) is 3.08. The van der Waals surface area contributed by atoms with Gasteiger partial charge in [-0.1, -0.05) is 6.92 Å². The molecule has 0 aromatic rings. The fraction of sp³-hybridized carbons (Fsp3) is 1.00. The minimum Gasteiger partial charge on any atom is -0.301 e. The topological polar surface area (TPSA) is 3.24 Å². The van der Waals surface area contributed by atoms with Gasteiger partial charge in [0.2, 0.25) is 0 Å². The largest absolute Gasteiger partial charge is 0.301 e. The number of rotatable bonds is 2. The van der Waals surface area contributed by atoms with E-state index >= 15 is 0 Å². The van der Waals surface area contributed by atoms with Crippen LogP contribution in [0.4, 0.5) is 0 Å². The molecule has 1 fully saturated rings. The summed E-state index contributed by atoms with van der Waals surface area (Å²) < 4.78 is 0.561. The molecule has 1 saturated heterocycles. The number of thioether (sulfide) groups is 1. The summed E-state index contributed by atoms with van der Waals surface area (Å²) in [7, 11) is 0. The van der Waals surface area contributed by atoms with Gasteiger partial charge in [0.25, 0.3) is 0 Å². The lowest BCUT2D eigenvalue weighted by molar-refractivity contribution is 0.167. The molecule has 72 valence electrons. The van der Waals surface area contributed by atoms with Crippen LogP contribution in [0.5, 0.6) is 0 Å². The fourth-order valence-corrected chi connectivity index (χ4v) is 2.31. The van der Waals surface area contributed by atoms with E-state index in [4.69, 9.17) is 0 Å². The Kier molecular flexibility index (Phi) is 3.47. The van der Waals surface area contributed by atoms with Crippen molar-refractivity contribution < 1.29 is 0 Å². The molecule has 0 aromatic carbocycles. The second-order valence-electron chi connectivity index (χ2n) is 4.28. The van der Waals surface area contributed by atoms with E-state index in [2.05, 4.69) is 31.9 Å². The minimum atomic E-state index is 0.561. The number of piperidine rings is 1. The normalized spacial score (nSPS) is 24.8. The van der Waals surface area contributed by atoms with Crippen molar-refractivity contribution in [1.82, 2.24) is 4.90 Å². The Morgan fingerprint density at radius 1 is 1.25 bits per heavy atom. The third-order valence-corrected chi connectivity index (χ3v) is 4.47. The predicted molar refractivity (Wildman–Crippen MR) is 57.9 cm³/mol. The Morgan fingerprint density at radius 3 is 2.08 bits per heavy atom. The third kappa shape index (κ3) is 2.40. The zero-order valence-corrected chi connectivity index (χ0v) is 9.58. The number of hydrogen-bond donors (Lipinski definition) is 0. The van der Waals surface area contributed by atoms with Gasteiger partial charge in [0, 0.05) is 10.8 Å². The average molecular weight is 187 g/mol. The van der Waals surface area contributed by atoms with Crippen LogP contribution in [0.1, 0.15) is 33.6 Å². The highest BCUT2D eigenvalue weighted by Crippen LogP contribution is 2.34. The van der Waals surface area contributed by atoms with Crippen LogP contribution in [0.2, 0.25) is 0 Å². The van der Waals surface area contributed by atoms with Gasteiger partial charge in [0.05, 0.1) is 0 Å². The number of nitrogens with zero attached hydrogens (tertiary/aromatic N) is 1. The van der Waals surface area contributed by atoms with Gasteiger partial charge in [-0.15, -0.1) is 0 Å². The van der Waals surface area contributed by atoms with E-state index in [0.717, 1.165) is 6.04 Å². The lowest BCUT2D eigenvalue weighted by Crippen LogP contribution is -2.43. The summed E-state index contributed by atoms with van der Waals surface area (Å²) in [5.74, 6) is 0. The summed E-state index contributed by atoms with van der Waals surface area (Å²) in [6.45, 7) is 9.56. The van der Waals surface area contributed by atoms with Crippen LogP contribution in [-0.4, -0.2) is 35.0 Å². The van der Waals surface area contributed by atoms with E-state index in [0.29, 0.717) is 4.75 Å². The first-order chi connectivity index (χ1) is 5.57. The van der Waals surface area contributed by atoms with Crippen molar-refractivity contribution in [2.24, 2.45) is 0 Å². The molecule has 0 radical (unpaired) electrons. The van der Waals surface area contributed by atoms with Crippen molar-refractivity contribution in [2.75, 3.05) is 19.3 Å². The van der Waals surface area contributed by atoms with Gasteiger partial charge in [-0.25, -0.2) is 0 Å². The molecule has 1 heterocycles. The summed E-state index contributed by atoms with van der Waals surface area (Å²) in [5.41, 5.74) is 0. The molecular formula is C10H21NS. The average Bonchev–Trinajstić information content (AvgIpc) is 2.05. The molecule has 0 aliphatic carbocycles. The van der Waals surface area contributed by atoms with Crippen LogP contribution >= 0.6 is 11.8 Å². The Bertz CT molecular complexity index is 137. The van der Waals surface area contributed by atoms with Crippen molar-refractivity contribution in [2.45, 2.75) is 44.4 Å². The summed E-state index contributed by atoms with van der Waals surface area (Å²) >= 11 is 2.04. The highest BCUT2D eigenvalue weighted by molar-refractivity contribution is 7.99. The molecule has 0 saturated carbocycles. The van der Waals surface area contributed by atoms with Gasteiger partial charge < -0.3 is 4.90 Å². The smallest absolute Gasteiger partial charge is 0.0153 e. The van der Waals surface area contributed by atoms with Gasteiger partial charge in [0.15, 0.2) is 0 Å². The second-order valence-corrected chi connectivity index (χ2v) is 5.68. The van der Waals surface area contributed by atoms with Crippen LogP contribution < -0.4 is 0 Å². The van der Waals surface area contributed by atoms with Crippen molar-refractivity contribution in [3.8, 4) is 0 Å². The lowest BCUT2D eigenvalue weighted by atomic mass is 9.97. The molecule has 0 spiro atoms. The minimum absolute atomic E-state index is 0.561. The van der Waals surface area contributed by atoms with Gasteiger partial charge in [0.1, 0.15) is 0 Å². The number of hydrogen-bond acceptors (Lipinski definition) is 2. The lowest BCUT2D eigenvalue weighted by Gasteiger charge is -2.40. The Morgan fingerprint density at radius 2 is 1.75 bits per heavy atom. The first-order valence-corrected chi connectivity index (χ1v) is 6.09. The standard InChI is InChI=1S/C10H21NS/c1-9(2)11-7-5-10(3,12-4)6-8-11/h9H,5-8H2,1-4H3. The molecule has 1 nitrogen and oxygen atoms in total. The maximum absolute atomic E-state index is 2.58. The molecule has 1 aliphatic heterocycles. The van der Waals surface area contributed by atoms with Crippen LogP contribution in [0.25, 0.3) is 0 Å². The molecule has 12 heavy (non-hydrogen) atoms. The maximum Gasteiger partial charge on any atom is 0.0153 e. The van der Waals surface area contributed by atoms with Crippen molar-refractivity contribution in [3.05, 3.63) is 0 Å². The summed E-state index contributed by atoms with van der Waals surface area (Å²) in [6.07, 6.45) is 4.95. The van der Waals surface area contributed by atoms with Crippen LogP contribution in [0.15, 0.2) is 0 Å². The van der Waals surface area contributed by atoms with Crippen molar-refractivity contribution in [3.63, 3.8) is 0 Å². The fourth-order valence-electron chi connectivity index (χ4n) is 1.72. The van der Waals surface area contributed by atoms with Gasteiger partial charge in [-0.3, -0.25) is 0 Å². The van der Waals surface area contributed by atoms with Crippen LogP contribution in [0.3, 0.4) is 0 Å². The van der Waals surface area contributed by atoms with E-state index in [-0.39, 0.29) is 0 Å². The molecule has 0 bridgehead atoms. The highest BCUT2D eigenvalue weighted by atomic mass is 32.2. The molecule has 0 aromatic heterocycles. The zero-order chi connectivity index (χ0) is 9.19. The molecule has 1 rings (SSSR count). The summed E-state index contributed by atoms with van der Waals surface area (Å²) in [4.78, 5) is 2.58. The first kappa shape index (κ1) is 10.4. The van der Waals surface area contributed by atoms with Crippen LogP contribution in [-0.2, 0) is 0 Å². The van der Waals surface area contributed by atoms with E-state index in [1.165, 1.54) is 25.9 Å². The van der Waals surface area contributed by atoms with Gasteiger partial charge >= 0.3 is 0 Å². The monoisotopic (exact) mass is 187 g/mol. The van der Waals surface area contributed by atoms with Gasteiger partial charge in [-0.2, -0.15) is 11.8 Å². The Balaban J connectivity index is 2.39. The number of likely N-dealkylation sites (tertiary alicyclic amines) is 1. The molecule has 0 N–H and O–H groups in total.